The number of hydrogen-bond donors (Lipinski definition) is 1. The van der Waals surface area contributed by atoms with Gasteiger partial charge in [-0.15, -0.1) is 0 Å². The molecule has 0 saturated carbocycles. The zero-order valence-electron chi connectivity index (χ0n) is 15.8. The van der Waals surface area contributed by atoms with Gasteiger partial charge in [0.25, 0.3) is 0 Å². The van der Waals surface area contributed by atoms with Crippen LogP contribution >= 0.6 is 11.6 Å². The van der Waals surface area contributed by atoms with Crippen molar-refractivity contribution in [3.63, 3.8) is 0 Å². The van der Waals surface area contributed by atoms with Gasteiger partial charge in [0, 0.05) is 39.9 Å². The smallest absolute Gasteiger partial charge is 0.193 e. The van der Waals surface area contributed by atoms with E-state index in [4.69, 9.17) is 16.3 Å². The van der Waals surface area contributed by atoms with Gasteiger partial charge in [-0.05, 0) is 52.0 Å². The molecule has 7 heteroatoms. The molecule has 1 atom stereocenters. The zero-order valence-corrected chi connectivity index (χ0v) is 17.4. The van der Waals surface area contributed by atoms with Gasteiger partial charge in [-0.25, -0.2) is 0 Å². The molecule has 0 aromatic heterocycles. The van der Waals surface area contributed by atoms with Gasteiger partial charge in [0.05, 0.1) is 13.1 Å². The van der Waals surface area contributed by atoms with Crippen molar-refractivity contribution in [1.29, 1.82) is 0 Å². The fourth-order valence-electron chi connectivity index (χ4n) is 1.95. The van der Waals surface area contributed by atoms with Crippen LogP contribution in [-0.4, -0.2) is 58.9 Å². The van der Waals surface area contributed by atoms with Crippen molar-refractivity contribution in [2.24, 2.45) is 4.99 Å². The van der Waals surface area contributed by atoms with Gasteiger partial charge in [-0.2, -0.15) is 0 Å². The number of nitrogens with zero attached hydrogens (tertiary/aromatic N) is 2. The standard InChI is InChI=1S/C18H30ClN3O2S/c1-6-20-17(21-11-14-25(23)18(2,3)4)22(5)12-13-24-16-9-7-15(19)8-10-16/h7-10H,6,11-14H2,1-5H3,(H,20,21). The maximum atomic E-state index is 12.1. The van der Waals surface area contributed by atoms with Gasteiger partial charge in [0.2, 0.25) is 0 Å². The summed E-state index contributed by atoms with van der Waals surface area (Å²) in [5.41, 5.74) is 0. The zero-order chi connectivity index (χ0) is 18.9. The number of rotatable bonds is 8. The Bertz CT molecular complexity index is 571. The summed E-state index contributed by atoms with van der Waals surface area (Å²) in [5, 5.41) is 3.95. The summed E-state index contributed by atoms with van der Waals surface area (Å²) < 4.78 is 17.6. The molecule has 0 fully saturated rings. The van der Waals surface area contributed by atoms with Gasteiger partial charge < -0.3 is 15.0 Å². The predicted octanol–water partition coefficient (Wildman–Crippen LogP) is 3.16. The Morgan fingerprint density at radius 2 is 1.96 bits per heavy atom. The van der Waals surface area contributed by atoms with Crippen molar-refractivity contribution in [3.05, 3.63) is 29.3 Å². The van der Waals surface area contributed by atoms with Crippen LogP contribution in [0.2, 0.25) is 5.02 Å². The highest BCUT2D eigenvalue weighted by Crippen LogP contribution is 2.15. The summed E-state index contributed by atoms with van der Waals surface area (Å²) in [6.07, 6.45) is 0. The van der Waals surface area contributed by atoms with E-state index < -0.39 is 10.8 Å². The Hall–Kier alpha value is -1.27. The third-order valence-electron chi connectivity index (χ3n) is 3.43. The second-order valence-corrected chi connectivity index (χ2v) is 9.38. The maximum absolute atomic E-state index is 12.1. The van der Waals surface area contributed by atoms with Crippen molar-refractivity contribution in [2.75, 3.05) is 39.0 Å². The van der Waals surface area contributed by atoms with Crippen molar-refractivity contribution in [2.45, 2.75) is 32.4 Å². The average molecular weight is 388 g/mol. The topological polar surface area (TPSA) is 53.9 Å². The van der Waals surface area contributed by atoms with E-state index in [1.807, 2.05) is 63.9 Å². The number of hydrogen-bond acceptors (Lipinski definition) is 3. The van der Waals surface area contributed by atoms with E-state index in [0.717, 1.165) is 18.3 Å². The molecule has 0 amide bonds. The van der Waals surface area contributed by atoms with Crippen LogP contribution in [0.4, 0.5) is 0 Å². The van der Waals surface area contributed by atoms with E-state index in [0.29, 0.717) is 30.5 Å². The third kappa shape index (κ3) is 8.59. The van der Waals surface area contributed by atoms with Crippen molar-refractivity contribution >= 4 is 28.4 Å². The number of benzene rings is 1. The van der Waals surface area contributed by atoms with Gasteiger partial charge in [0.15, 0.2) is 5.96 Å². The van der Waals surface area contributed by atoms with E-state index in [1.165, 1.54) is 0 Å². The SMILES string of the molecule is CCNC(=NCCS(=O)C(C)(C)C)N(C)CCOc1ccc(Cl)cc1. The van der Waals surface area contributed by atoms with Crippen molar-refractivity contribution < 1.29 is 8.95 Å². The highest BCUT2D eigenvalue weighted by atomic mass is 35.5. The number of halogens is 1. The Morgan fingerprint density at radius 3 is 2.52 bits per heavy atom. The van der Waals surface area contributed by atoms with Crippen LogP contribution in [0.5, 0.6) is 5.75 Å². The first kappa shape index (κ1) is 21.8. The molecule has 0 aliphatic heterocycles. The molecule has 0 saturated heterocycles. The summed E-state index contributed by atoms with van der Waals surface area (Å²) in [6, 6.07) is 7.32. The first-order valence-corrected chi connectivity index (χ1v) is 10.2. The molecule has 1 aromatic rings. The average Bonchev–Trinajstić information content (AvgIpc) is 2.54. The largest absolute Gasteiger partial charge is 0.492 e. The molecule has 0 radical (unpaired) electrons. The van der Waals surface area contributed by atoms with Crippen molar-refractivity contribution in [3.8, 4) is 5.75 Å². The molecule has 1 unspecified atom stereocenters. The van der Waals surface area contributed by atoms with Gasteiger partial charge in [-0.1, -0.05) is 11.6 Å². The Labute approximate surface area is 159 Å². The molecule has 0 spiro atoms. The summed E-state index contributed by atoms with van der Waals surface area (Å²) in [5.74, 6) is 2.15. The lowest BCUT2D eigenvalue weighted by Gasteiger charge is -2.22. The van der Waals surface area contributed by atoms with Crippen LogP contribution in [0.25, 0.3) is 0 Å². The number of aliphatic imine (C=N–C) groups is 1. The Balaban J connectivity index is 2.48. The summed E-state index contributed by atoms with van der Waals surface area (Å²) >= 11 is 5.86. The number of likely N-dealkylation sites (N-methyl/N-ethyl adjacent to an activating group) is 1. The van der Waals surface area contributed by atoms with E-state index in [1.54, 1.807) is 0 Å². The van der Waals surface area contributed by atoms with Crippen LogP contribution < -0.4 is 10.1 Å². The van der Waals surface area contributed by atoms with Crippen LogP contribution in [-0.2, 0) is 10.8 Å². The highest BCUT2D eigenvalue weighted by molar-refractivity contribution is 7.86. The molecule has 0 aliphatic carbocycles. The lowest BCUT2D eigenvalue weighted by Crippen LogP contribution is -2.41. The molecule has 1 aromatic carbocycles. The monoisotopic (exact) mass is 387 g/mol. The molecule has 5 nitrogen and oxygen atoms in total. The third-order valence-corrected chi connectivity index (χ3v) is 5.60. The second-order valence-electron chi connectivity index (χ2n) is 6.62. The molecular formula is C18H30ClN3O2S. The molecular weight excluding hydrogens is 358 g/mol. The number of guanidine groups is 1. The lowest BCUT2D eigenvalue weighted by atomic mass is 10.3. The quantitative estimate of drug-likeness (QED) is 0.550. The molecule has 0 heterocycles. The first-order valence-electron chi connectivity index (χ1n) is 8.50. The fourth-order valence-corrected chi connectivity index (χ4v) is 2.94. The second kappa shape index (κ2) is 10.7. The van der Waals surface area contributed by atoms with Crippen LogP contribution in [0.1, 0.15) is 27.7 Å². The minimum Gasteiger partial charge on any atom is -0.492 e. The van der Waals surface area contributed by atoms with E-state index in [9.17, 15) is 4.21 Å². The lowest BCUT2D eigenvalue weighted by molar-refractivity contribution is 0.281. The molecule has 0 aliphatic rings. The van der Waals surface area contributed by atoms with E-state index in [-0.39, 0.29) is 4.75 Å². The Morgan fingerprint density at radius 1 is 1.32 bits per heavy atom. The van der Waals surface area contributed by atoms with Crippen LogP contribution in [0.3, 0.4) is 0 Å². The molecule has 0 bridgehead atoms. The first-order chi connectivity index (χ1) is 11.7. The molecule has 25 heavy (non-hydrogen) atoms. The highest BCUT2D eigenvalue weighted by Gasteiger charge is 2.18. The van der Waals surface area contributed by atoms with Gasteiger partial charge in [-0.3, -0.25) is 9.20 Å². The van der Waals surface area contributed by atoms with E-state index in [2.05, 4.69) is 10.3 Å². The fraction of sp³-hybridized carbons (Fsp3) is 0.611. The van der Waals surface area contributed by atoms with E-state index >= 15 is 0 Å². The summed E-state index contributed by atoms with van der Waals surface area (Å²) in [7, 11) is 1.07. The molecule has 1 N–H and O–H groups in total. The summed E-state index contributed by atoms with van der Waals surface area (Å²) in [4.78, 5) is 6.58. The molecule has 1 rings (SSSR count). The Kier molecular flexibility index (Phi) is 9.28. The number of ether oxygens (including phenoxy) is 1. The van der Waals surface area contributed by atoms with Crippen LogP contribution in [0.15, 0.2) is 29.3 Å². The minimum atomic E-state index is -0.892. The minimum absolute atomic E-state index is 0.202. The number of nitrogens with one attached hydrogen (secondary N) is 1. The van der Waals surface area contributed by atoms with Gasteiger partial charge in [0.1, 0.15) is 12.4 Å². The molecule has 142 valence electrons. The summed E-state index contributed by atoms with van der Waals surface area (Å²) in [6.45, 7) is 10.5. The normalized spacial score (nSPS) is 13.4. The van der Waals surface area contributed by atoms with Gasteiger partial charge >= 0.3 is 0 Å². The maximum Gasteiger partial charge on any atom is 0.193 e. The van der Waals surface area contributed by atoms with Crippen molar-refractivity contribution in [1.82, 2.24) is 10.2 Å². The van der Waals surface area contributed by atoms with Crippen LogP contribution in [0, 0.1) is 0 Å². The predicted molar refractivity (Wildman–Crippen MR) is 108 cm³/mol.